The van der Waals surface area contributed by atoms with Crippen LogP contribution in [0, 0.1) is 12.7 Å². The lowest BCUT2D eigenvalue weighted by Gasteiger charge is -2.25. The number of ether oxygens (including phenoxy) is 1. The van der Waals surface area contributed by atoms with Crippen LogP contribution in [0.4, 0.5) is 4.39 Å². The second-order valence-electron chi connectivity index (χ2n) is 5.07. The van der Waals surface area contributed by atoms with E-state index in [1.54, 1.807) is 18.2 Å². The molecule has 0 amide bonds. The number of aryl methyl sites for hydroxylation is 1. The second kappa shape index (κ2) is 6.92. The minimum Gasteiger partial charge on any atom is -0.484 e. The fraction of sp³-hybridized carbons (Fsp3) is 0.294. The van der Waals surface area contributed by atoms with Crippen molar-refractivity contribution in [3.63, 3.8) is 0 Å². The molecule has 0 aliphatic rings. The molecule has 2 unspecified atom stereocenters. The van der Waals surface area contributed by atoms with Crippen LogP contribution in [0.1, 0.15) is 30.6 Å². The van der Waals surface area contributed by atoms with Gasteiger partial charge in [0.1, 0.15) is 17.7 Å². The molecule has 0 aliphatic heterocycles. The zero-order chi connectivity index (χ0) is 15.4. The van der Waals surface area contributed by atoms with Crippen molar-refractivity contribution in [1.82, 2.24) is 0 Å². The number of benzene rings is 2. The Labute approximate surface area is 129 Å². The van der Waals surface area contributed by atoms with E-state index in [-0.39, 0.29) is 18.0 Å². The number of hydrogen-bond acceptors (Lipinski definition) is 2. The first-order chi connectivity index (χ1) is 10.0. The van der Waals surface area contributed by atoms with Crippen LogP contribution in [-0.2, 0) is 0 Å². The van der Waals surface area contributed by atoms with Crippen molar-refractivity contribution in [2.45, 2.75) is 32.4 Å². The summed E-state index contributed by atoms with van der Waals surface area (Å²) in [7, 11) is 0. The van der Waals surface area contributed by atoms with Crippen LogP contribution in [-0.4, -0.2) is 6.04 Å². The Hall–Kier alpha value is -1.58. The van der Waals surface area contributed by atoms with Crippen LogP contribution < -0.4 is 10.5 Å². The molecule has 0 saturated heterocycles. The Kier molecular flexibility index (Phi) is 5.21. The van der Waals surface area contributed by atoms with E-state index >= 15 is 0 Å². The third kappa shape index (κ3) is 3.96. The van der Waals surface area contributed by atoms with E-state index in [4.69, 9.17) is 22.1 Å². The van der Waals surface area contributed by atoms with Gasteiger partial charge in [0, 0.05) is 11.1 Å². The van der Waals surface area contributed by atoms with Crippen molar-refractivity contribution in [2.24, 2.45) is 5.73 Å². The van der Waals surface area contributed by atoms with Gasteiger partial charge in [-0.15, -0.1) is 0 Å². The van der Waals surface area contributed by atoms with Gasteiger partial charge in [-0.2, -0.15) is 0 Å². The summed E-state index contributed by atoms with van der Waals surface area (Å²) < 4.78 is 19.1. The van der Waals surface area contributed by atoms with Gasteiger partial charge in [-0.1, -0.05) is 30.7 Å². The van der Waals surface area contributed by atoms with E-state index < -0.39 is 0 Å². The van der Waals surface area contributed by atoms with Gasteiger partial charge < -0.3 is 10.5 Å². The molecule has 0 fully saturated rings. The first-order valence-electron chi connectivity index (χ1n) is 6.95. The topological polar surface area (TPSA) is 35.2 Å². The molecule has 21 heavy (non-hydrogen) atoms. The minimum absolute atomic E-state index is 0.175. The molecule has 4 heteroatoms. The van der Waals surface area contributed by atoms with Crippen LogP contribution in [0.5, 0.6) is 5.75 Å². The minimum atomic E-state index is -0.323. The molecule has 2 atom stereocenters. The molecule has 0 bridgehead atoms. The summed E-state index contributed by atoms with van der Waals surface area (Å²) in [6.45, 7) is 3.92. The van der Waals surface area contributed by atoms with Gasteiger partial charge in [0.25, 0.3) is 0 Å². The Bertz CT molecular complexity index is 600. The van der Waals surface area contributed by atoms with Crippen molar-refractivity contribution in [2.75, 3.05) is 0 Å². The second-order valence-corrected chi connectivity index (χ2v) is 5.48. The van der Waals surface area contributed by atoms with E-state index in [1.807, 2.05) is 26.0 Å². The van der Waals surface area contributed by atoms with E-state index in [2.05, 4.69) is 0 Å². The monoisotopic (exact) mass is 307 g/mol. The van der Waals surface area contributed by atoms with Gasteiger partial charge >= 0.3 is 0 Å². The maximum Gasteiger partial charge on any atom is 0.139 e. The summed E-state index contributed by atoms with van der Waals surface area (Å²) in [6, 6.07) is 11.6. The van der Waals surface area contributed by atoms with Crippen molar-refractivity contribution in [1.29, 1.82) is 0 Å². The van der Waals surface area contributed by atoms with Crippen LogP contribution in [0.15, 0.2) is 42.5 Å². The highest BCUT2D eigenvalue weighted by Gasteiger charge is 2.20. The highest BCUT2D eigenvalue weighted by atomic mass is 35.5. The predicted octanol–water partition coefficient (Wildman–Crippen LogP) is 4.64. The largest absolute Gasteiger partial charge is 0.484 e. The molecule has 0 heterocycles. The smallest absolute Gasteiger partial charge is 0.139 e. The van der Waals surface area contributed by atoms with Gasteiger partial charge in [-0.3, -0.25) is 0 Å². The van der Waals surface area contributed by atoms with Crippen LogP contribution in [0.3, 0.4) is 0 Å². The Balaban J connectivity index is 2.28. The number of rotatable bonds is 5. The van der Waals surface area contributed by atoms with E-state index in [0.29, 0.717) is 10.8 Å². The van der Waals surface area contributed by atoms with Gasteiger partial charge in [0.15, 0.2) is 0 Å². The van der Waals surface area contributed by atoms with E-state index in [9.17, 15) is 4.39 Å². The fourth-order valence-corrected chi connectivity index (χ4v) is 2.22. The van der Waals surface area contributed by atoms with Gasteiger partial charge in [0.05, 0.1) is 0 Å². The molecule has 0 spiro atoms. The highest BCUT2D eigenvalue weighted by molar-refractivity contribution is 6.31. The summed E-state index contributed by atoms with van der Waals surface area (Å²) in [5, 5.41) is 0.695. The summed E-state index contributed by atoms with van der Waals surface area (Å²) in [5.41, 5.74) is 7.96. The van der Waals surface area contributed by atoms with E-state index in [0.717, 1.165) is 17.5 Å². The molecule has 0 aromatic heterocycles. The Morgan fingerprint density at radius 2 is 1.86 bits per heavy atom. The molecular formula is C17H19ClFNO. The first-order valence-corrected chi connectivity index (χ1v) is 7.33. The predicted molar refractivity (Wildman–Crippen MR) is 84.2 cm³/mol. The molecule has 2 N–H and O–H groups in total. The molecule has 0 saturated carbocycles. The zero-order valence-corrected chi connectivity index (χ0v) is 12.9. The maximum absolute atomic E-state index is 13.1. The summed E-state index contributed by atoms with van der Waals surface area (Å²) in [5.74, 6) is 0.431. The SMILES string of the molecule is CCC(N)C(Oc1ccc(Cl)c(C)c1)c1ccc(F)cc1. The highest BCUT2D eigenvalue weighted by Crippen LogP contribution is 2.28. The number of hydrogen-bond donors (Lipinski definition) is 1. The summed E-state index contributed by atoms with van der Waals surface area (Å²) in [6.07, 6.45) is 0.436. The lowest BCUT2D eigenvalue weighted by molar-refractivity contribution is 0.171. The third-order valence-corrected chi connectivity index (χ3v) is 3.88. The molecule has 2 aromatic carbocycles. The third-order valence-electron chi connectivity index (χ3n) is 3.45. The van der Waals surface area contributed by atoms with Gasteiger partial charge in [-0.05, 0) is 54.8 Å². The standard InChI is InChI=1S/C17H19ClFNO/c1-3-16(20)17(12-4-6-13(19)7-5-12)21-14-8-9-15(18)11(2)10-14/h4-10,16-17H,3,20H2,1-2H3. The Morgan fingerprint density at radius 3 is 2.43 bits per heavy atom. The molecule has 2 aromatic rings. The number of nitrogens with two attached hydrogens (primary N) is 1. The van der Waals surface area contributed by atoms with Crippen molar-refractivity contribution >= 4 is 11.6 Å². The normalized spacial score (nSPS) is 13.8. The Morgan fingerprint density at radius 1 is 1.19 bits per heavy atom. The lowest BCUT2D eigenvalue weighted by Crippen LogP contribution is -2.31. The number of halogens is 2. The van der Waals surface area contributed by atoms with Crippen LogP contribution in [0.2, 0.25) is 5.02 Å². The fourth-order valence-electron chi connectivity index (χ4n) is 2.11. The molecular weight excluding hydrogens is 289 g/mol. The van der Waals surface area contributed by atoms with Gasteiger partial charge in [0.2, 0.25) is 0 Å². The zero-order valence-electron chi connectivity index (χ0n) is 12.1. The molecule has 112 valence electrons. The first kappa shape index (κ1) is 15.8. The van der Waals surface area contributed by atoms with Crippen LogP contribution in [0.25, 0.3) is 0 Å². The maximum atomic E-state index is 13.1. The molecule has 0 aliphatic carbocycles. The summed E-state index contributed by atoms with van der Waals surface area (Å²) >= 11 is 6.02. The molecule has 0 radical (unpaired) electrons. The quantitative estimate of drug-likeness (QED) is 0.873. The van der Waals surface area contributed by atoms with Crippen LogP contribution >= 0.6 is 11.6 Å². The molecule has 2 rings (SSSR count). The average Bonchev–Trinajstić information content (AvgIpc) is 2.48. The molecule has 2 nitrogen and oxygen atoms in total. The van der Waals surface area contributed by atoms with Crippen molar-refractivity contribution in [3.05, 3.63) is 64.4 Å². The summed E-state index contributed by atoms with van der Waals surface area (Å²) in [4.78, 5) is 0. The van der Waals surface area contributed by atoms with E-state index in [1.165, 1.54) is 12.1 Å². The van der Waals surface area contributed by atoms with Crippen molar-refractivity contribution < 1.29 is 9.13 Å². The lowest BCUT2D eigenvalue weighted by atomic mass is 10.0. The average molecular weight is 308 g/mol. The van der Waals surface area contributed by atoms with Gasteiger partial charge in [-0.25, -0.2) is 4.39 Å². The van der Waals surface area contributed by atoms with Crippen molar-refractivity contribution in [3.8, 4) is 5.75 Å².